The van der Waals surface area contributed by atoms with Crippen molar-refractivity contribution in [1.29, 1.82) is 0 Å². The first-order chi connectivity index (χ1) is 12.2. The van der Waals surface area contributed by atoms with Crippen molar-refractivity contribution in [3.63, 3.8) is 0 Å². The first-order valence-corrected chi connectivity index (χ1v) is 9.22. The van der Waals surface area contributed by atoms with Gasteiger partial charge in [-0.3, -0.25) is 19.1 Å². The maximum Gasteiger partial charge on any atom is 0.272 e. The van der Waals surface area contributed by atoms with Crippen LogP contribution in [0.2, 0.25) is 0 Å². The number of carbonyl (C=O) groups is 2. The highest BCUT2D eigenvalue weighted by Gasteiger charge is 2.27. The minimum Gasteiger partial charge on any atom is -0.348 e. The summed E-state index contributed by atoms with van der Waals surface area (Å²) in [6.45, 7) is 4.09. The first-order valence-electron chi connectivity index (χ1n) is 9.22. The molecular formula is C17H25N5O3. The van der Waals surface area contributed by atoms with Crippen molar-refractivity contribution in [2.24, 2.45) is 0 Å². The van der Waals surface area contributed by atoms with Gasteiger partial charge >= 0.3 is 0 Å². The Hall–Kier alpha value is -1.93. The molecule has 0 radical (unpaired) electrons. The van der Waals surface area contributed by atoms with Crippen LogP contribution in [0.5, 0.6) is 0 Å². The Morgan fingerprint density at radius 3 is 2.88 bits per heavy atom. The molecule has 0 spiro atoms. The quantitative estimate of drug-likeness (QED) is 0.841. The molecule has 8 heteroatoms. The smallest absolute Gasteiger partial charge is 0.272 e. The third-order valence-corrected chi connectivity index (χ3v) is 4.95. The van der Waals surface area contributed by atoms with Crippen LogP contribution in [0.15, 0.2) is 6.07 Å². The molecular weight excluding hydrogens is 322 g/mol. The minimum absolute atomic E-state index is 0.107. The van der Waals surface area contributed by atoms with E-state index in [0.29, 0.717) is 44.3 Å². The number of carbonyl (C=O) groups excluding carboxylic acids is 2. The van der Waals surface area contributed by atoms with Gasteiger partial charge in [0.25, 0.3) is 5.91 Å². The molecule has 0 aromatic carbocycles. The van der Waals surface area contributed by atoms with Crippen LogP contribution in [-0.2, 0) is 22.7 Å². The fourth-order valence-corrected chi connectivity index (χ4v) is 3.28. The lowest BCUT2D eigenvalue weighted by Gasteiger charge is -2.30. The van der Waals surface area contributed by atoms with Gasteiger partial charge in [0.15, 0.2) is 5.69 Å². The summed E-state index contributed by atoms with van der Waals surface area (Å²) in [4.78, 5) is 32.0. The summed E-state index contributed by atoms with van der Waals surface area (Å²) in [6.07, 6.45) is 4.80. The van der Waals surface area contributed by atoms with Crippen LogP contribution in [-0.4, -0.2) is 63.8 Å². The largest absolute Gasteiger partial charge is 0.348 e. The van der Waals surface area contributed by atoms with Gasteiger partial charge in [-0.2, -0.15) is 10.2 Å². The Kier molecular flexibility index (Phi) is 4.72. The second-order valence-corrected chi connectivity index (χ2v) is 7.03. The lowest BCUT2D eigenvalue weighted by Crippen LogP contribution is -2.40. The third kappa shape index (κ3) is 4.01. The Balaban J connectivity index is 1.31. The molecule has 1 saturated carbocycles. The van der Waals surface area contributed by atoms with Crippen molar-refractivity contribution in [2.75, 3.05) is 26.2 Å². The molecule has 4 rings (SSSR count). The number of hydrogen-bond acceptors (Lipinski definition) is 5. The van der Waals surface area contributed by atoms with Crippen molar-refractivity contribution in [3.05, 3.63) is 17.5 Å². The van der Waals surface area contributed by atoms with E-state index in [1.54, 1.807) is 0 Å². The highest BCUT2D eigenvalue weighted by Crippen LogP contribution is 2.20. The average Bonchev–Trinajstić information content (AvgIpc) is 3.34. The first kappa shape index (κ1) is 16.5. The topological polar surface area (TPSA) is 79.7 Å². The number of hydroxylamine groups is 2. The zero-order valence-corrected chi connectivity index (χ0v) is 14.4. The maximum atomic E-state index is 12.5. The zero-order chi connectivity index (χ0) is 17.2. The van der Waals surface area contributed by atoms with E-state index < -0.39 is 0 Å². The molecule has 136 valence electrons. The summed E-state index contributed by atoms with van der Waals surface area (Å²) < 4.78 is 1.85. The summed E-state index contributed by atoms with van der Waals surface area (Å²) in [5.74, 6) is 0.0233. The van der Waals surface area contributed by atoms with E-state index >= 15 is 0 Å². The number of amides is 2. The van der Waals surface area contributed by atoms with Gasteiger partial charge in [-0.25, -0.2) is 0 Å². The molecule has 3 heterocycles. The van der Waals surface area contributed by atoms with Crippen molar-refractivity contribution >= 4 is 11.8 Å². The molecule has 1 aromatic rings. The predicted octanol–water partition coefficient (Wildman–Crippen LogP) is 0.535. The molecule has 0 atom stereocenters. The minimum atomic E-state index is -0.107. The number of fused-ring (bicyclic) bond motifs is 1. The van der Waals surface area contributed by atoms with Crippen LogP contribution in [0.4, 0.5) is 0 Å². The summed E-state index contributed by atoms with van der Waals surface area (Å²) in [6, 6.07) is 2.13. The van der Waals surface area contributed by atoms with Crippen molar-refractivity contribution in [3.8, 4) is 0 Å². The molecule has 1 N–H and O–H groups in total. The Labute approximate surface area is 147 Å². The van der Waals surface area contributed by atoms with Gasteiger partial charge in [-0.15, -0.1) is 0 Å². The second kappa shape index (κ2) is 7.13. The van der Waals surface area contributed by atoms with E-state index in [4.69, 9.17) is 4.84 Å². The lowest BCUT2D eigenvalue weighted by molar-refractivity contribution is -0.182. The molecule has 2 fully saturated rings. The van der Waals surface area contributed by atoms with Gasteiger partial charge in [0.2, 0.25) is 5.91 Å². The third-order valence-electron chi connectivity index (χ3n) is 4.95. The molecule has 0 bridgehead atoms. The number of nitrogens with zero attached hydrogens (tertiary/aromatic N) is 4. The summed E-state index contributed by atoms with van der Waals surface area (Å²) in [5, 5.41) is 9.24. The lowest BCUT2D eigenvalue weighted by atomic mass is 10.2. The fourth-order valence-electron chi connectivity index (χ4n) is 3.28. The van der Waals surface area contributed by atoms with Crippen molar-refractivity contribution < 1.29 is 14.4 Å². The van der Waals surface area contributed by atoms with Crippen molar-refractivity contribution in [2.45, 2.75) is 51.2 Å². The van der Waals surface area contributed by atoms with Crippen LogP contribution in [0.25, 0.3) is 0 Å². The summed E-state index contributed by atoms with van der Waals surface area (Å²) in [7, 11) is 0. The van der Waals surface area contributed by atoms with Crippen LogP contribution in [0, 0.1) is 0 Å². The molecule has 25 heavy (non-hydrogen) atoms. The summed E-state index contributed by atoms with van der Waals surface area (Å²) >= 11 is 0. The molecule has 2 aliphatic heterocycles. The Morgan fingerprint density at radius 1 is 1.24 bits per heavy atom. The van der Waals surface area contributed by atoms with Gasteiger partial charge in [-0.1, -0.05) is 0 Å². The molecule has 8 nitrogen and oxygen atoms in total. The van der Waals surface area contributed by atoms with Gasteiger partial charge < -0.3 is 10.2 Å². The molecule has 1 aliphatic carbocycles. The summed E-state index contributed by atoms with van der Waals surface area (Å²) in [5.41, 5.74) is 1.38. The van der Waals surface area contributed by atoms with Crippen molar-refractivity contribution in [1.82, 2.24) is 25.1 Å². The second-order valence-electron chi connectivity index (χ2n) is 7.03. The maximum absolute atomic E-state index is 12.5. The molecule has 1 aromatic heterocycles. The molecule has 3 aliphatic rings. The van der Waals surface area contributed by atoms with E-state index in [1.165, 1.54) is 0 Å². The number of nitrogens with one attached hydrogen (secondary N) is 1. The van der Waals surface area contributed by atoms with Gasteiger partial charge in [-0.05, 0) is 31.7 Å². The molecule has 0 unspecified atom stereocenters. The monoisotopic (exact) mass is 347 g/mol. The Morgan fingerprint density at radius 2 is 2.12 bits per heavy atom. The highest BCUT2D eigenvalue weighted by atomic mass is 16.7. The Bertz CT molecular complexity index is 649. The molecule has 2 amide bonds. The van der Waals surface area contributed by atoms with Crippen LogP contribution >= 0.6 is 0 Å². The zero-order valence-electron chi connectivity index (χ0n) is 14.4. The molecule has 1 saturated heterocycles. The highest BCUT2D eigenvalue weighted by molar-refractivity contribution is 5.92. The van der Waals surface area contributed by atoms with E-state index in [-0.39, 0.29) is 11.8 Å². The predicted molar refractivity (Wildman–Crippen MR) is 89.5 cm³/mol. The fraction of sp³-hybridized carbons (Fsp3) is 0.706. The van der Waals surface area contributed by atoms with Gasteiger partial charge in [0.1, 0.15) is 0 Å². The number of rotatable bonds is 5. The van der Waals surface area contributed by atoms with Gasteiger partial charge in [0.05, 0.1) is 25.4 Å². The number of aromatic nitrogens is 2. The van der Waals surface area contributed by atoms with Crippen LogP contribution < -0.4 is 5.32 Å². The average molecular weight is 347 g/mol. The van der Waals surface area contributed by atoms with E-state index in [0.717, 1.165) is 44.5 Å². The normalized spacial score (nSPS) is 21.0. The van der Waals surface area contributed by atoms with E-state index in [1.807, 2.05) is 20.7 Å². The number of hydrogen-bond donors (Lipinski definition) is 1. The van der Waals surface area contributed by atoms with Gasteiger partial charge in [0, 0.05) is 32.1 Å². The van der Waals surface area contributed by atoms with Crippen LogP contribution in [0.1, 0.15) is 48.3 Å². The SMILES string of the molecule is O=C(NC1CC1)c1cc2n(n1)CCN(C(=O)CCN1CCCCO1)C2. The van der Waals surface area contributed by atoms with E-state index in [2.05, 4.69) is 10.4 Å². The standard InChI is InChI=1S/C17H25N5O3/c23-16(5-7-21-6-1-2-10-25-21)20-8-9-22-14(12-20)11-15(19-22)17(24)18-13-3-4-13/h11,13H,1-10,12H2,(H,18,24). The van der Waals surface area contributed by atoms with E-state index in [9.17, 15) is 9.59 Å². The van der Waals surface area contributed by atoms with Crippen LogP contribution in [0.3, 0.4) is 0 Å².